The lowest BCUT2D eigenvalue weighted by Crippen LogP contribution is -2.38. The molecule has 10 heteroatoms. The van der Waals surface area contributed by atoms with Crippen LogP contribution in [0.3, 0.4) is 0 Å². The van der Waals surface area contributed by atoms with Gasteiger partial charge in [-0.2, -0.15) is 0 Å². The van der Waals surface area contributed by atoms with Crippen molar-refractivity contribution >= 4 is 11.6 Å². The first-order chi connectivity index (χ1) is 16.8. The van der Waals surface area contributed by atoms with Crippen LogP contribution in [0, 0.1) is 5.82 Å². The van der Waals surface area contributed by atoms with Gasteiger partial charge in [0, 0.05) is 49.7 Å². The average Bonchev–Trinajstić information content (AvgIpc) is 2.85. The smallest absolute Gasteiger partial charge is 0.266 e. The van der Waals surface area contributed by atoms with Gasteiger partial charge in [0.05, 0.1) is 16.8 Å². The standard InChI is InChI=1S/C25H31F3N4O3/c1-31-9-5-17(6-10-31)30-21-13-22(33)32(18-7-11-35-12-8-18)15-20(21)25(34)29-14-16-3-2-4-19(23(16)26)24(27)28/h2-4,13,15,17-18,24,30H,5-12,14H2,1H3,(H,29,34). The highest BCUT2D eigenvalue weighted by molar-refractivity contribution is 5.99. The van der Waals surface area contributed by atoms with Gasteiger partial charge in [0.15, 0.2) is 0 Å². The number of rotatable bonds is 7. The molecular weight excluding hydrogens is 461 g/mol. The van der Waals surface area contributed by atoms with E-state index in [1.165, 1.54) is 18.2 Å². The second kappa shape index (κ2) is 11.3. The molecule has 1 aromatic carbocycles. The van der Waals surface area contributed by atoms with Gasteiger partial charge >= 0.3 is 0 Å². The van der Waals surface area contributed by atoms with Crippen molar-refractivity contribution in [3.8, 4) is 0 Å². The van der Waals surface area contributed by atoms with Crippen LogP contribution < -0.4 is 16.2 Å². The fourth-order valence-corrected chi connectivity index (χ4v) is 4.65. The molecular formula is C25H31F3N4O3. The van der Waals surface area contributed by atoms with Gasteiger partial charge in [0.1, 0.15) is 5.82 Å². The summed E-state index contributed by atoms with van der Waals surface area (Å²) in [5.74, 6) is -1.54. The van der Waals surface area contributed by atoms with E-state index in [2.05, 4.69) is 15.5 Å². The maximum absolute atomic E-state index is 14.5. The minimum Gasteiger partial charge on any atom is -0.381 e. The summed E-state index contributed by atoms with van der Waals surface area (Å²) in [6, 6.07) is 5.20. The molecule has 1 aromatic heterocycles. The van der Waals surface area contributed by atoms with E-state index in [0.717, 1.165) is 32.0 Å². The number of ether oxygens (including phenoxy) is 1. The predicted octanol–water partition coefficient (Wildman–Crippen LogP) is 3.71. The first kappa shape index (κ1) is 25.2. The van der Waals surface area contributed by atoms with Gasteiger partial charge in [-0.1, -0.05) is 18.2 Å². The van der Waals surface area contributed by atoms with Gasteiger partial charge in [-0.3, -0.25) is 9.59 Å². The number of likely N-dealkylation sites (tertiary alicyclic amines) is 1. The number of hydrogen-bond acceptors (Lipinski definition) is 5. The van der Waals surface area contributed by atoms with Crippen molar-refractivity contribution in [2.75, 3.05) is 38.7 Å². The van der Waals surface area contributed by atoms with Gasteiger partial charge in [-0.15, -0.1) is 0 Å². The van der Waals surface area contributed by atoms with Crippen LogP contribution in [0.25, 0.3) is 0 Å². The van der Waals surface area contributed by atoms with Crippen molar-refractivity contribution in [3.63, 3.8) is 0 Å². The van der Waals surface area contributed by atoms with Crippen molar-refractivity contribution in [2.45, 2.75) is 50.7 Å². The molecule has 0 atom stereocenters. The number of carbonyl (C=O) groups is 1. The first-order valence-electron chi connectivity index (χ1n) is 12.0. The fraction of sp³-hybridized carbons (Fsp3) is 0.520. The van der Waals surface area contributed by atoms with E-state index in [0.29, 0.717) is 31.7 Å². The Morgan fingerprint density at radius 1 is 1.17 bits per heavy atom. The number of pyridine rings is 1. The van der Waals surface area contributed by atoms with Gasteiger partial charge in [-0.05, 0) is 45.8 Å². The van der Waals surface area contributed by atoms with E-state index >= 15 is 0 Å². The fourth-order valence-electron chi connectivity index (χ4n) is 4.65. The zero-order valence-corrected chi connectivity index (χ0v) is 19.7. The van der Waals surface area contributed by atoms with E-state index in [-0.39, 0.29) is 35.3 Å². The molecule has 2 N–H and O–H groups in total. The molecule has 35 heavy (non-hydrogen) atoms. The minimum absolute atomic E-state index is 0.0290. The van der Waals surface area contributed by atoms with Crippen LogP contribution in [-0.2, 0) is 11.3 Å². The maximum atomic E-state index is 14.5. The minimum atomic E-state index is -2.95. The number of amides is 1. The van der Waals surface area contributed by atoms with Crippen LogP contribution in [0.1, 0.15) is 59.6 Å². The lowest BCUT2D eigenvalue weighted by molar-refractivity contribution is 0.0685. The Hall–Kier alpha value is -2.85. The highest BCUT2D eigenvalue weighted by Crippen LogP contribution is 2.25. The lowest BCUT2D eigenvalue weighted by atomic mass is 10.0. The van der Waals surface area contributed by atoms with E-state index in [9.17, 15) is 22.8 Å². The van der Waals surface area contributed by atoms with Crippen LogP contribution in [0.2, 0.25) is 0 Å². The Morgan fingerprint density at radius 3 is 2.57 bits per heavy atom. The van der Waals surface area contributed by atoms with E-state index in [1.54, 1.807) is 10.8 Å². The molecule has 2 aliphatic rings. The highest BCUT2D eigenvalue weighted by atomic mass is 19.3. The van der Waals surface area contributed by atoms with Crippen molar-refractivity contribution < 1.29 is 22.7 Å². The predicted molar refractivity (Wildman–Crippen MR) is 126 cm³/mol. The number of nitrogens with one attached hydrogen (secondary N) is 2. The normalized spacial score (nSPS) is 18.1. The van der Waals surface area contributed by atoms with Gasteiger partial charge in [0.2, 0.25) is 0 Å². The summed E-state index contributed by atoms with van der Waals surface area (Å²) in [6.45, 7) is 2.62. The van der Waals surface area contributed by atoms with Crippen LogP contribution in [0.15, 0.2) is 35.3 Å². The molecule has 2 aliphatic heterocycles. The third-order valence-corrected chi connectivity index (χ3v) is 6.77. The molecule has 0 unspecified atom stereocenters. The zero-order valence-electron chi connectivity index (χ0n) is 19.7. The first-order valence-corrected chi connectivity index (χ1v) is 12.0. The summed E-state index contributed by atoms with van der Waals surface area (Å²) in [5, 5.41) is 6.00. The van der Waals surface area contributed by atoms with Crippen LogP contribution in [-0.4, -0.2) is 54.8 Å². The topological polar surface area (TPSA) is 75.6 Å². The number of carbonyl (C=O) groups excluding carboxylic acids is 1. The molecule has 1 amide bonds. The average molecular weight is 493 g/mol. The Labute approximate surface area is 202 Å². The van der Waals surface area contributed by atoms with Gasteiger partial charge in [0.25, 0.3) is 17.9 Å². The number of alkyl halides is 2. The Bertz CT molecular complexity index is 1090. The number of nitrogens with zero attached hydrogens (tertiary/aromatic N) is 2. The number of halogens is 3. The summed E-state index contributed by atoms with van der Waals surface area (Å²) in [7, 11) is 2.05. The molecule has 2 aromatic rings. The van der Waals surface area contributed by atoms with E-state index < -0.39 is 23.7 Å². The summed E-state index contributed by atoms with van der Waals surface area (Å²) >= 11 is 0. The molecule has 7 nitrogen and oxygen atoms in total. The van der Waals surface area contributed by atoms with E-state index in [1.807, 2.05) is 7.05 Å². The van der Waals surface area contributed by atoms with Crippen molar-refractivity contribution in [2.24, 2.45) is 0 Å². The lowest BCUT2D eigenvalue weighted by Gasteiger charge is -2.31. The summed E-state index contributed by atoms with van der Waals surface area (Å²) in [5.41, 5.74) is -0.250. The van der Waals surface area contributed by atoms with Crippen LogP contribution >= 0.6 is 0 Å². The highest BCUT2D eigenvalue weighted by Gasteiger charge is 2.24. The summed E-state index contributed by atoms with van der Waals surface area (Å²) < 4.78 is 47.5. The SMILES string of the molecule is CN1CCC(Nc2cc(=O)n(C3CCOCC3)cc2C(=O)NCc2cccc(C(F)F)c2F)CC1. The molecule has 2 fully saturated rings. The van der Waals surface area contributed by atoms with Crippen LogP contribution in [0.4, 0.5) is 18.9 Å². The quantitative estimate of drug-likeness (QED) is 0.617. The Morgan fingerprint density at radius 2 is 1.89 bits per heavy atom. The molecule has 2 saturated heterocycles. The molecule has 0 aliphatic carbocycles. The second-order valence-corrected chi connectivity index (χ2v) is 9.22. The number of piperidine rings is 1. The molecule has 0 spiro atoms. The van der Waals surface area contributed by atoms with Crippen molar-refractivity contribution in [1.82, 2.24) is 14.8 Å². The molecule has 0 radical (unpaired) electrons. The number of benzene rings is 1. The third-order valence-electron chi connectivity index (χ3n) is 6.77. The number of anilines is 1. The third kappa shape index (κ3) is 6.05. The monoisotopic (exact) mass is 492 g/mol. The largest absolute Gasteiger partial charge is 0.381 e. The molecule has 3 heterocycles. The molecule has 0 saturated carbocycles. The molecule has 4 rings (SSSR count). The van der Waals surface area contributed by atoms with Crippen LogP contribution in [0.5, 0.6) is 0 Å². The van der Waals surface area contributed by atoms with E-state index in [4.69, 9.17) is 4.74 Å². The number of aromatic nitrogens is 1. The second-order valence-electron chi connectivity index (χ2n) is 9.22. The van der Waals surface area contributed by atoms with Crippen molar-refractivity contribution in [1.29, 1.82) is 0 Å². The zero-order chi connectivity index (χ0) is 24.9. The molecule has 190 valence electrons. The maximum Gasteiger partial charge on any atom is 0.266 e. The Balaban J connectivity index is 1.59. The van der Waals surface area contributed by atoms with Gasteiger partial charge in [-0.25, -0.2) is 13.2 Å². The van der Waals surface area contributed by atoms with Crippen molar-refractivity contribution in [3.05, 3.63) is 63.3 Å². The Kier molecular flexibility index (Phi) is 8.12. The molecule has 0 bridgehead atoms. The summed E-state index contributed by atoms with van der Waals surface area (Å²) in [6.07, 6.45) is 1.66. The summed E-state index contributed by atoms with van der Waals surface area (Å²) in [4.78, 5) is 28.4. The number of hydrogen-bond donors (Lipinski definition) is 2. The van der Waals surface area contributed by atoms with Gasteiger partial charge < -0.3 is 24.8 Å².